The lowest BCUT2D eigenvalue weighted by Crippen LogP contribution is -2.64. The minimum atomic E-state index is -5.01. The molecule has 56 heavy (non-hydrogen) atoms. The molecule has 0 spiro atoms. The summed E-state index contributed by atoms with van der Waals surface area (Å²) in [4.78, 5) is 38.0. The second-order valence-corrected chi connectivity index (χ2v) is 16.3. The number of carbonyl (C=O) groups is 2. The molecule has 0 saturated heterocycles. The average molecular weight is 821 g/mol. The number of phosphoric acid groups is 1. The molecule has 13 nitrogen and oxygen atoms in total. The maximum Gasteiger partial charge on any atom is 0.470 e. The van der Waals surface area contributed by atoms with Gasteiger partial charge in [-0.05, 0) is 64.2 Å². The smallest absolute Gasteiger partial charge is 0.470 e. The van der Waals surface area contributed by atoms with E-state index < -0.39 is 56.4 Å². The van der Waals surface area contributed by atoms with Gasteiger partial charge in [-0.1, -0.05) is 140 Å². The Kier molecular flexibility index (Phi) is 33.8. The average Bonchev–Trinajstić information content (AvgIpc) is 3.14. The Morgan fingerprint density at radius 1 is 0.536 bits per heavy atom. The monoisotopic (exact) mass is 821 g/mol. The zero-order valence-electron chi connectivity index (χ0n) is 34.0. The Hall–Kier alpha value is -1.93. The van der Waals surface area contributed by atoms with Gasteiger partial charge >= 0.3 is 19.8 Å². The third-order valence-corrected chi connectivity index (χ3v) is 10.6. The van der Waals surface area contributed by atoms with Gasteiger partial charge in [0.05, 0.1) is 0 Å². The van der Waals surface area contributed by atoms with E-state index >= 15 is 0 Å². The molecule has 0 aliphatic heterocycles. The predicted octanol–water partition coefficient (Wildman–Crippen LogP) is 8.03. The van der Waals surface area contributed by atoms with Crippen LogP contribution in [0, 0.1) is 0 Å². The highest BCUT2D eigenvalue weighted by Crippen LogP contribution is 2.41. The summed E-state index contributed by atoms with van der Waals surface area (Å²) in [5.74, 6) is -1.51. The van der Waals surface area contributed by atoms with Crippen molar-refractivity contribution in [2.24, 2.45) is 0 Å². The Morgan fingerprint density at radius 3 is 1.36 bits per heavy atom. The fourth-order valence-corrected chi connectivity index (χ4v) is 7.24. The molecule has 0 aromatic carbocycles. The van der Waals surface area contributed by atoms with Crippen LogP contribution in [0.2, 0.25) is 0 Å². The van der Waals surface area contributed by atoms with Crippen LogP contribution < -0.4 is 0 Å². The fraction of sp³-hybridized carbons (Fsp3) is 0.810. The molecule has 1 aliphatic carbocycles. The lowest BCUT2D eigenvalue weighted by Gasteiger charge is -2.41. The number of aliphatic hydroxyl groups is 5. The zero-order chi connectivity index (χ0) is 42.0. The van der Waals surface area contributed by atoms with Crippen molar-refractivity contribution < 1.29 is 64.2 Å². The number of unbranched alkanes of at least 4 members (excludes halogenated alkanes) is 20. The van der Waals surface area contributed by atoms with Gasteiger partial charge in [-0.15, -0.1) is 0 Å². The van der Waals surface area contributed by atoms with Gasteiger partial charge in [0.15, 0.2) is 0 Å². The number of carboxylic acid groups (broad SMARTS) is 2. The van der Waals surface area contributed by atoms with E-state index in [9.17, 15) is 34.6 Å². The van der Waals surface area contributed by atoms with E-state index in [2.05, 4.69) is 29.7 Å². The summed E-state index contributed by atoms with van der Waals surface area (Å²) in [6.07, 6.45) is 31.4. The highest BCUT2D eigenvalue weighted by molar-refractivity contribution is 7.46. The molecule has 14 heteroatoms. The first-order chi connectivity index (χ1) is 26.7. The van der Waals surface area contributed by atoms with Crippen molar-refractivity contribution in [3.8, 4) is 0 Å². The largest absolute Gasteiger partial charge is 0.481 e. The van der Waals surface area contributed by atoms with Crippen LogP contribution in [0.3, 0.4) is 0 Å². The fourth-order valence-electron chi connectivity index (χ4n) is 6.67. The third kappa shape index (κ3) is 31.1. The number of rotatable bonds is 33. The van der Waals surface area contributed by atoms with Gasteiger partial charge in [0.25, 0.3) is 0 Å². The molecular formula is C42H77O13P. The zero-order valence-corrected chi connectivity index (χ0v) is 34.9. The van der Waals surface area contributed by atoms with E-state index in [0.717, 1.165) is 38.5 Å². The van der Waals surface area contributed by atoms with Gasteiger partial charge in [0, 0.05) is 12.5 Å². The Morgan fingerprint density at radius 2 is 0.929 bits per heavy atom. The van der Waals surface area contributed by atoms with Gasteiger partial charge in [0.1, 0.15) is 36.6 Å². The van der Waals surface area contributed by atoms with Crippen LogP contribution in [0.4, 0.5) is 0 Å². The summed E-state index contributed by atoms with van der Waals surface area (Å²) in [6.45, 7) is 2.26. The van der Waals surface area contributed by atoms with Crippen LogP contribution in [-0.4, -0.2) is 94.1 Å². The first-order valence-electron chi connectivity index (χ1n) is 21.3. The van der Waals surface area contributed by atoms with Crippen LogP contribution in [0.1, 0.15) is 180 Å². The molecule has 328 valence electrons. The van der Waals surface area contributed by atoms with Crippen molar-refractivity contribution in [3.05, 3.63) is 36.0 Å². The van der Waals surface area contributed by atoms with Crippen LogP contribution in [-0.2, 0) is 18.7 Å². The normalized spacial score (nSPS) is 21.8. The van der Waals surface area contributed by atoms with Crippen molar-refractivity contribution in [2.45, 2.75) is 217 Å². The molecule has 1 saturated carbocycles. The van der Waals surface area contributed by atoms with E-state index in [0.29, 0.717) is 6.42 Å². The van der Waals surface area contributed by atoms with Crippen molar-refractivity contribution in [1.29, 1.82) is 0 Å². The van der Waals surface area contributed by atoms with Gasteiger partial charge in [-0.3, -0.25) is 9.32 Å². The van der Waals surface area contributed by atoms with Crippen LogP contribution in [0.25, 0.3) is 0 Å². The minimum Gasteiger partial charge on any atom is -0.481 e. The number of aliphatic carboxylic acids is 2. The highest BCUT2D eigenvalue weighted by atomic mass is 31.2. The van der Waals surface area contributed by atoms with Crippen LogP contribution in [0.5, 0.6) is 0 Å². The van der Waals surface area contributed by atoms with E-state index in [1.54, 1.807) is 11.6 Å². The predicted molar refractivity (Wildman–Crippen MR) is 219 cm³/mol. The molecule has 0 amide bonds. The van der Waals surface area contributed by atoms with Crippen molar-refractivity contribution in [1.82, 2.24) is 0 Å². The van der Waals surface area contributed by atoms with Gasteiger partial charge in [0.2, 0.25) is 0 Å². The van der Waals surface area contributed by atoms with E-state index in [-0.39, 0.29) is 0 Å². The topological polar surface area (TPSA) is 243 Å². The minimum absolute atomic E-state index is 0.313. The SMILES string of the molecule is CCCCCC=CCC=C(CCCCCCCCCCCCCCCC=CC(=O)O)CCCCCCCC(=O)O.O=P(O)(O)OC1C(O)C(O)C(O)C(O)C1O. The maximum atomic E-state index is 10.7. The molecule has 1 rings (SSSR count). The second-order valence-electron chi connectivity index (χ2n) is 15.1. The summed E-state index contributed by atoms with van der Waals surface area (Å²) in [5.41, 5.74) is 1.64. The number of phosphoric ester groups is 1. The van der Waals surface area contributed by atoms with Gasteiger partial charge in [-0.25, -0.2) is 9.36 Å². The van der Waals surface area contributed by atoms with Crippen molar-refractivity contribution in [3.63, 3.8) is 0 Å². The number of carboxylic acids is 2. The molecule has 9 N–H and O–H groups in total. The number of hydrogen-bond acceptors (Lipinski definition) is 9. The number of allylic oxidation sites excluding steroid dienone is 5. The second kappa shape index (κ2) is 35.1. The quantitative estimate of drug-likeness (QED) is 0.0132. The molecule has 0 radical (unpaired) electrons. The molecule has 0 heterocycles. The molecule has 4 unspecified atom stereocenters. The third-order valence-electron chi connectivity index (χ3n) is 10.0. The standard InChI is InChI=1S/C36H64O4.C6H13O9P/c1-2-3-4-5-15-19-24-29-34(31-26-21-18-23-28-33-36(39)40)30-25-20-16-13-11-9-7-6-8-10-12-14-17-22-27-32-35(37)38;7-1-2(8)4(10)6(5(11)3(1)9)15-16(12,13)14/h15,19,27,29,32H,2-14,16-18,20-26,28,30-31,33H2,1H3,(H,37,38)(H,39,40);1-11H,(H2,12,13,14). The lowest BCUT2D eigenvalue weighted by atomic mass is 9.85. The molecule has 4 atom stereocenters. The molecule has 0 bridgehead atoms. The first-order valence-corrected chi connectivity index (χ1v) is 22.8. The molecule has 0 aromatic rings. The molecule has 1 fully saturated rings. The van der Waals surface area contributed by atoms with Crippen molar-refractivity contribution in [2.75, 3.05) is 0 Å². The summed E-state index contributed by atoms with van der Waals surface area (Å²) in [7, 11) is -5.01. The van der Waals surface area contributed by atoms with Crippen molar-refractivity contribution >= 4 is 19.8 Å². The van der Waals surface area contributed by atoms with Crippen LogP contribution >= 0.6 is 7.82 Å². The van der Waals surface area contributed by atoms with E-state index in [1.165, 1.54) is 134 Å². The highest BCUT2D eigenvalue weighted by Gasteiger charge is 2.50. The summed E-state index contributed by atoms with van der Waals surface area (Å²) in [6, 6.07) is 0. The summed E-state index contributed by atoms with van der Waals surface area (Å²) >= 11 is 0. The van der Waals surface area contributed by atoms with Crippen LogP contribution in [0.15, 0.2) is 36.0 Å². The Bertz CT molecular complexity index is 1110. The van der Waals surface area contributed by atoms with Gasteiger partial charge in [-0.2, -0.15) is 0 Å². The summed E-state index contributed by atoms with van der Waals surface area (Å²) in [5, 5.41) is 63.5. The number of hydrogen-bond donors (Lipinski definition) is 9. The Labute approximate surface area is 336 Å². The summed E-state index contributed by atoms with van der Waals surface area (Å²) < 4.78 is 14.5. The number of aliphatic hydroxyl groups excluding tert-OH is 5. The first kappa shape index (κ1) is 54.1. The maximum absolute atomic E-state index is 10.7. The Balaban J connectivity index is 0.00000156. The molecular weight excluding hydrogens is 743 g/mol. The molecule has 0 aromatic heterocycles. The molecule has 1 aliphatic rings. The van der Waals surface area contributed by atoms with Gasteiger partial charge < -0.3 is 45.5 Å². The lowest BCUT2D eigenvalue weighted by molar-refractivity contribution is -0.219. The van der Waals surface area contributed by atoms with E-state index in [1.807, 2.05) is 0 Å². The van der Waals surface area contributed by atoms with E-state index in [4.69, 9.17) is 25.1 Å².